The first-order valence-corrected chi connectivity index (χ1v) is 6.33. The lowest BCUT2D eigenvalue weighted by atomic mass is 9.89. The number of aromatic nitrogens is 2. The Hall–Kier alpha value is -1.56. The zero-order chi connectivity index (χ0) is 14.7. The summed E-state index contributed by atoms with van der Waals surface area (Å²) in [6.07, 6.45) is 3.13. The molecule has 1 amide bonds. The number of nitrogens with zero attached hydrogens (tertiary/aromatic N) is 2. The van der Waals surface area contributed by atoms with E-state index in [0.717, 1.165) is 5.82 Å². The van der Waals surface area contributed by atoms with Crippen molar-refractivity contribution in [3.8, 4) is 0 Å². The Bertz CT molecular complexity index is 436. The molecule has 0 aliphatic rings. The van der Waals surface area contributed by atoms with Gasteiger partial charge in [0.2, 0.25) is 0 Å². The molecule has 0 aromatic carbocycles. The molecular weight excluding hydrogens is 244 g/mol. The van der Waals surface area contributed by atoms with Gasteiger partial charge in [0, 0.05) is 32.5 Å². The number of hydrogen-bond acceptors (Lipinski definition) is 4. The van der Waals surface area contributed by atoms with Gasteiger partial charge in [0.25, 0.3) is 0 Å². The number of carbonyl (C=O) groups excluding carboxylic acids is 1. The predicted molar refractivity (Wildman–Crippen MR) is 73.9 cm³/mol. The Morgan fingerprint density at radius 3 is 2.53 bits per heavy atom. The fourth-order valence-corrected chi connectivity index (χ4v) is 1.77. The van der Waals surface area contributed by atoms with Crippen LogP contribution in [0.25, 0.3) is 0 Å². The minimum absolute atomic E-state index is 0.378. The van der Waals surface area contributed by atoms with Crippen LogP contribution in [-0.2, 0) is 17.2 Å². The van der Waals surface area contributed by atoms with E-state index in [1.807, 2.05) is 45.5 Å². The molecule has 19 heavy (non-hydrogen) atoms. The molecule has 1 unspecified atom stereocenters. The van der Waals surface area contributed by atoms with Crippen LogP contribution in [0.4, 0.5) is 4.79 Å². The summed E-state index contributed by atoms with van der Waals surface area (Å²) in [7, 11) is 1.91. The van der Waals surface area contributed by atoms with E-state index in [1.165, 1.54) is 0 Å². The van der Waals surface area contributed by atoms with E-state index in [4.69, 9.17) is 10.5 Å². The number of aryl methyl sites for hydroxylation is 1. The number of carbonyl (C=O) groups is 1. The van der Waals surface area contributed by atoms with Crippen molar-refractivity contribution in [1.29, 1.82) is 0 Å². The van der Waals surface area contributed by atoms with Crippen molar-refractivity contribution >= 4 is 6.09 Å². The molecule has 6 nitrogen and oxygen atoms in total. The van der Waals surface area contributed by atoms with Crippen LogP contribution in [0, 0.1) is 0 Å². The smallest absolute Gasteiger partial charge is 0.407 e. The molecule has 0 spiro atoms. The van der Waals surface area contributed by atoms with Crippen molar-refractivity contribution in [1.82, 2.24) is 14.9 Å². The molecular formula is C13H24N4O2. The summed E-state index contributed by atoms with van der Waals surface area (Å²) < 4.78 is 7.11. The highest BCUT2D eigenvalue weighted by Crippen LogP contribution is 2.19. The van der Waals surface area contributed by atoms with Gasteiger partial charge in [0.1, 0.15) is 11.4 Å². The van der Waals surface area contributed by atoms with Crippen LogP contribution in [0.2, 0.25) is 0 Å². The number of nitrogens with two attached hydrogens (primary N) is 1. The topological polar surface area (TPSA) is 82.2 Å². The van der Waals surface area contributed by atoms with Crippen LogP contribution in [0.3, 0.4) is 0 Å². The molecule has 108 valence electrons. The first-order valence-electron chi connectivity index (χ1n) is 6.33. The maximum atomic E-state index is 11.7. The van der Waals surface area contributed by atoms with Crippen LogP contribution in [0.1, 0.15) is 33.5 Å². The third-order valence-electron chi connectivity index (χ3n) is 2.83. The monoisotopic (exact) mass is 268 g/mol. The second-order valence-corrected chi connectivity index (χ2v) is 5.98. The van der Waals surface area contributed by atoms with E-state index < -0.39 is 17.1 Å². The summed E-state index contributed by atoms with van der Waals surface area (Å²) in [4.78, 5) is 16.0. The van der Waals surface area contributed by atoms with E-state index in [9.17, 15) is 4.79 Å². The van der Waals surface area contributed by atoms with Crippen molar-refractivity contribution in [2.24, 2.45) is 12.8 Å². The lowest BCUT2D eigenvalue weighted by molar-refractivity contribution is 0.0515. The fourth-order valence-electron chi connectivity index (χ4n) is 1.77. The number of amides is 1. The van der Waals surface area contributed by atoms with Gasteiger partial charge >= 0.3 is 6.09 Å². The van der Waals surface area contributed by atoms with Gasteiger partial charge in [0.05, 0.1) is 5.41 Å². The second-order valence-electron chi connectivity index (χ2n) is 5.98. The van der Waals surface area contributed by atoms with Crippen molar-refractivity contribution in [2.75, 3.05) is 13.1 Å². The zero-order valence-corrected chi connectivity index (χ0v) is 12.4. The number of hydrogen-bond donors (Lipinski definition) is 2. The highest BCUT2D eigenvalue weighted by atomic mass is 16.6. The molecule has 3 N–H and O–H groups in total. The van der Waals surface area contributed by atoms with Gasteiger partial charge in [-0.2, -0.15) is 0 Å². The Morgan fingerprint density at radius 1 is 1.47 bits per heavy atom. The first-order chi connectivity index (χ1) is 8.68. The van der Waals surface area contributed by atoms with Crippen molar-refractivity contribution in [3.63, 3.8) is 0 Å². The third-order valence-corrected chi connectivity index (χ3v) is 2.83. The second kappa shape index (κ2) is 5.61. The SMILES string of the molecule is Cn1ccnc1C(C)(CN)CNC(=O)OC(C)(C)C. The minimum atomic E-state index is -0.508. The highest BCUT2D eigenvalue weighted by Gasteiger charge is 2.30. The maximum absolute atomic E-state index is 11.7. The average molecular weight is 268 g/mol. The summed E-state index contributed by atoms with van der Waals surface area (Å²) in [6.45, 7) is 8.21. The summed E-state index contributed by atoms with van der Waals surface area (Å²) >= 11 is 0. The molecule has 0 saturated carbocycles. The van der Waals surface area contributed by atoms with Crippen LogP contribution in [-0.4, -0.2) is 34.3 Å². The molecule has 1 atom stereocenters. The van der Waals surface area contributed by atoms with E-state index in [2.05, 4.69) is 10.3 Å². The lowest BCUT2D eigenvalue weighted by Crippen LogP contribution is -2.46. The van der Waals surface area contributed by atoms with Crippen molar-refractivity contribution in [2.45, 2.75) is 38.7 Å². The summed E-state index contributed by atoms with van der Waals surface area (Å²) in [5.41, 5.74) is 4.91. The third kappa shape index (κ3) is 4.24. The fraction of sp³-hybridized carbons (Fsp3) is 0.692. The molecule has 1 aromatic rings. The van der Waals surface area contributed by atoms with Gasteiger partial charge in [0.15, 0.2) is 0 Å². The molecule has 1 heterocycles. The number of rotatable bonds is 4. The van der Waals surface area contributed by atoms with Crippen LogP contribution >= 0.6 is 0 Å². The minimum Gasteiger partial charge on any atom is -0.444 e. The Labute approximate surface area is 114 Å². The van der Waals surface area contributed by atoms with Gasteiger partial charge in [-0.3, -0.25) is 0 Å². The van der Waals surface area contributed by atoms with Crippen LogP contribution < -0.4 is 11.1 Å². The maximum Gasteiger partial charge on any atom is 0.407 e. The molecule has 1 aromatic heterocycles. The molecule has 0 aliphatic heterocycles. The molecule has 0 fully saturated rings. The van der Waals surface area contributed by atoms with Gasteiger partial charge in [-0.25, -0.2) is 9.78 Å². The van der Waals surface area contributed by atoms with Crippen molar-refractivity contribution < 1.29 is 9.53 Å². The van der Waals surface area contributed by atoms with E-state index >= 15 is 0 Å². The van der Waals surface area contributed by atoms with Gasteiger partial charge in [-0.1, -0.05) is 0 Å². The molecule has 0 bridgehead atoms. The number of nitrogens with one attached hydrogen (secondary N) is 1. The summed E-state index contributed by atoms with van der Waals surface area (Å²) in [5, 5.41) is 2.75. The Morgan fingerprint density at radius 2 is 2.11 bits per heavy atom. The molecule has 0 radical (unpaired) electrons. The van der Waals surface area contributed by atoms with E-state index in [1.54, 1.807) is 6.20 Å². The highest BCUT2D eigenvalue weighted by molar-refractivity contribution is 5.67. The quantitative estimate of drug-likeness (QED) is 0.858. The van der Waals surface area contributed by atoms with Gasteiger partial charge in [-0.05, 0) is 27.7 Å². The number of alkyl carbamates (subject to hydrolysis) is 1. The average Bonchev–Trinajstić information content (AvgIpc) is 2.71. The number of imidazole rings is 1. The standard InChI is InChI=1S/C13H24N4O2/c1-12(2,3)19-11(18)16-9-13(4,8-14)10-15-6-7-17(10)5/h6-7H,8-9,14H2,1-5H3,(H,16,18). The molecule has 0 saturated heterocycles. The van der Waals surface area contributed by atoms with Gasteiger partial charge in [-0.15, -0.1) is 0 Å². The van der Waals surface area contributed by atoms with Crippen LogP contribution in [0.15, 0.2) is 12.4 Å². The normalized spacial score (nSPS) is 14.8. The summed E-state index contributed by atoms with van der Waals surface area (Å²) in [5.74, 6) is 0.839. The molecule has 6 heteroatoms. The Kier molecular flexibility index (Phi) is 4.57. The van der Waals surface area contributed by atoms with Crippen LogP contribution in [0.5, 0.6) is 0 Å². The summed E-state index contributed by atoms with van der Waals surface area (Å²) in [6, 6.07) is 0. The number of ether oxygens (including phenoxy) is 1. The van der Waals surface area contributed by atoms with Gasteiger partial charge < -0.3 is 20.4 Å². The Balaban J connectivity index is 2.68. The first kappa shape index (κ1) is 15.5. The largest absolute Gasteiger partial charge is 0.444 e. The zero-order valence-electron chi connectivity index (χ0n) is 12.4. The van der Waals surface area contributed by atoms with E-state index in [0.29, 0.717) is 13.1 Å². The van der Waals surface area contributed by atoms with E-state index in [-0.39, 0.29) is 0 Å². The van der Waals surface area contributed by atoms with Crippen molar-refractivity contribution in [3.05, 3.63) is 18.2 Å². The predicted octanol–water partition coefficient (Wildman–Crippen LogP) is 1.16. The molecule has 0 aliphatic carbocycles. The lowest BCUT2D eigenvalue weighted by Gasteiger charge is -2.28. The molecule has 1 rings (SSSR count).